The molecule has 0 aliphatic carbocycles. The van der Waals surface area contributed by atoms with E-state index in [2.05, 4.69) is 23.5 Å². The van der Waals surface area contributed by atoms with Gasteiger partial charge in [0.15, 0.2) is 0 Å². The summed E-state index contributed by atoms with van der Waals surface area (Å²) in [6.45, 7) is 0.667. The van der Waals surface area contributed by atoms with E-state index in [1.807, 2.05) is 36.2 Å². The number of nitrogens with zero attached hydrogens (tertiary/aromatic N) is 1. The number of amides is 1. The van der Waals surface area contributed by atoms with Gasteiger partial charge in [0.2, 0.25) is 5.91 Å². The smallest absolute Gasteiger partial charge is 0.339 e. The fourth-order valence-corrected chi connectivity index (χ4v) is 3.32. The van der Waals surface area contributed by atoms with Gasteiger partial charge >= 0.3 is 11.9 Å². The standard InChI is InChI=1S/C24H24N2O5/c1-26(14-16-8-9-17-6-4-5-7-18(17)12-16)15-22(27)25-21-13-19(23(28)30-2)10-11-20(21)24(29)31-3/h4-13H,14-15H2,1-3H3,(H,25,27). The lowest BCUT2D eigenvalue weighted by atomic mass is 10.1. The van der Waals surface area contributed by atoms with Crippen LogP contribution >= 0.6 is 0 Å². The fraction of sp³-hybridized carbons (Fsp3) is 0.208. The Labute approximate surface area is 180 Å². The average molecular weight is 420 g/mol. The lowest BCUT2D eigenvalue weighted by Crippen LogP contribution is -2.30. The third-order valence-corrected chi connectivity index (χ3v) is 4.80. The topological polar surface area (TPSA) is 84.9 Å². The van der Waals surface area contributed by atoms with Crippen LogP contribution in [0.4, 0.5) is 5.69 Å². The normalized spacial score (nSPS) is 10.7. The molecule has 3 rings (SSSR count). The Morgan fingerprint density at radius 2 is 1.58 bits per heavy atom. The number of ether oxygens (including phenoxy) is 2. The van der Waals surface area contributed by atoms with Crippen LogP contribution in [0.3, 0.4) is 0 Å². The summed E-state index contributed by atoms with van der Waals surface area (Å²) in [5, 5.41) is 5.00. The monoisotopic (exact) mass is 420 g/mol. The lowest BCUT2D eigenvalue weighted by Gasteiger charge is -2.18. The molecule has 1 N–H and O–H groups in total. The molecule has 0 aliphatic rings. The van der Waals surface area contributed by atoms with Crippen LogP contribution in [-0.2, 0) is 20.8 Å². The molecule has 0 saturated carbocycles. The lowest BCUT2D eigenvalue weighted by molar-refractivity contribution is -0.117. The van der Waals surface area contributed by atoms with E-state index >= 15 is 0 Å². The third-order valence-electron chi connectivity index (χ3n) is 4.80. The van der Waals surface area contributed by atoms with E-state index in [-0.39, 0.29) is 29.3 Å². The van der Waals surface area contributed by atoms with Crippen LogP contribution in [-0.4, -0.2) is 50.6 Å². The Morgan fingerprint density at radius 3 is 2.29 bits per heavy atom. The second kappa shape index (κ2) is 9.86. The number of carbonyl (C=O) groups is 3. The number of hydrogen-bond acceptors (Lipinski definition) is 6. The molecule has 1 amide bonds. The van der Waals surface area contributed by atoms with Gasteiger partial charge in [0.25, 0.3) is 0 Å². The first kappa shape index (κ1) is 22.0. The van der Waals surface area contributed by atoms with Crippen molar-refractivity contribution in [3.05, 3.63) is 77.4 Å². The van der Waals surface area contributed by atoms with E-state index in [0.29, 0.717) is 6.54 Å². The van der Waals surface area contributed by atoms with Gasteiger partial charge in [0, 0.05) is 6.54 Å². The molecule has 0 fully saturated rings. The van der Waals surface area contributed by atoms with Crippen molar-refractivity contribution < 1.29 is 23.9 Å². The summed E-state index contributed by atoms with van der Waals surface area (Å²) in [6.07, 6.45) is 0. The van der Waals surface area contributed by atoms with E-state index in [4.69, 9.17) is 9.47 Å². The number of anilines is 1. The van der Waals surface area contributed by atoms with E-state index in [9.17, 15) is 14.4 Å². The summed E-state index contributed by atoms with van der Waals surface area (Å²) >= 11 is 0. The number of nitrogens with one attached hydrogen (secondary N) is 1. The van der Waals surface area contributed by atoms with Gasteiger partial charge < -0.3 is 14.8 Å². The van der Waals surface area contributed by atoms with Gasteiger partial charge in [-0.15, -0.1) is 0 Å². The van der Waals surface area contributed by atoms with Crippen molar-refractivity contribution in [2.45, 2.75) is 6.54 Å². The van der Waals surface area contributed by atoms with Gasteiger partial charge in [-0.2, -0.15) is 0 Å². The van der Waals surface area contributed by atoms with Crippen LogP contribution in [0.15, 0.2) is 60.7 Å². The Hall–Kier alpha value is -3.71. The molecule has 0 aromatic heterocycles. The molecule has 7 nitrogen and oxygen atoms in total. The Balaban J connectivity index is 1.71. The molecule has 0 spiro atoms. The van der Waals surface area contributed by atoms with Gasteiger partial charge in [-0.1, -0.05) is 36.4 Å². The first-order valence-corrected chi connectivity index (χ1v) is 9.68. The molecule has 0 atom stereocenters. The molecule has 0 aliphatic heterocycles. The Bertz CT molecular complexity index is 1130. The van der Waals surface area contributed by atoms with Gasteiger partial charge in [-0.05, 0) is 47.6 Å². The summed E-state index contributed by atoms with van der Waals surface area (Å²) in [5.41, 5.74) is 1.64. The van der Waals surface area contributed by atoms with Gasteiger partial charge in [-0.3, -0.25) is 9.69 Å². The molecule has 0 radical (unpaired) electrons. The largest absolute Gasteiger partial charge is 0.465 e. The number of esters is 2. The zero-order valence-corrected chi connectivity index (χ0v) is 17.7. The summed E-state index contributed by atoms with van der Waals surface area (Å²) in [6, 6.07) is 18.5. The van der Waals surface area contributed by atoms with E-state index in [1.54, 1.807) is 0 Å². The summed E-state index contributed by atoms with van der Waals surface area (Å²) in [5.74, 6) is -1.51. The van der Waals surface area contributed by atoms with Crippen molar-refractivity contribution in [2.24, 2.45) is 0 Å². The number of methoxy groups -OCH3 is 2. The highest BCUT2D eigenvalue weighted by Crippen LogP contribution is 2.20. The minimum absolute atomic E-state index is 0.0931. The third kappa shape index (κ3) is 5.46. The van der Waals surface area contributed by atoms with E-state index in [1.165, 1.54) is 32.4 Å². The molecule has 0 bridgehead atoms. The maximum Gasteiger partial charge on any atom is 0.339 e. The molecule has 0 saturated heterocycles. The van der Waals surface area contributed by atoms with Crippen molar-refractivity contribution in [1.29, 1.82) is 0 Å². The number of likely N-dealkylation sites (N-methyl/N-ethyl adjacent to an activating group) is 1. The van der Waals surface area contributed by atoms with Crippen molar-refractivity contribution in [1.82, 2.24) is 4.90 Å². The number of benzene rings is 3. The number of carbonyl (C=O) groups excluding carboxylic acids is 3. The highest BCUT2D eigenvalue weighted by molar-refractivity contribution is 6.03. The van der Waals surface area contributed by atoms with Crippen LogP contribution < -0.4 is 5.32 Å². The van der Waals surface area contributed by atoms with Crippen LogP contribution in [0.1, 0.15) is 26.3 Å². The fourth-order valence-electron chi connectivity index (χ4n) is 3.32. The van der Waals surface area contributed by atoms with E-state index in [0.717, 1.165) is 16.3 Å². The average Bonchev–Trinajstić information content (AvgIpc) is 2.77. The van der Waals surface area contributed by atoms with Crippen LogP contribution in [0.5, 0.6) is 0 Å². The second-order valence-electron chi connectivity index (χ2n) is 7.15. The van der Waals surface area contributed by atoms with Crippen molar-refractivity contribution in [3.8, 4) is 0 Å². The quantitative estimate of drug-likeness (QED) is 0.589. The first-order valence-electron chi connectivity index (χ1n) is 9.68. The zero-order chi connectivity index (χ0) is 22.4. The van der Waals surface area contributed by atoms with Crippen molar-refractivity contribution in [2.75, 3.05) is 33.1 Å². The maximum absolute atomic E-state index is 12.6. The summed E-state index contributed by atoms with van der Waals surface area (Å²) < 4.78 is 9.47. The number of fused-ring (bicyclic) bond motifs is 1. The SMILES string of the molecule is COC(=O)c1ccc(C(=O)OC)c(NC(=O)CN(C)Cc2ccc3ccccc3c2)c1. The highest BCUT2D eigenvalue weighted by Gasteiger charge is 2.18. The molecular weight excluding hydrogens is 396 g/mol. The van der Waals surface area contributed by atoms with Crippen molar-refractivity contribution in [3.63, 3.8) is 0 Å². The molecule has 31 heavy (non-hydrogen) atoms. The Morgan fingerprint density at radius 1 is 0.871 bits per heavy atom. The van der Waals surface area contributed by atoms with Crippen LogP contribution in [0.25, 0.3) is 10.8 Å². The zero-order valence-electron chi connectivity index (χ0n) is 17.7. The van der Waals surface area contributed by atoms with Gasteiger partial charge in [0.1, 0.15) is 0 Å². The number of rotatable bonds is 7. The minimum Gasteiger partial charge on any atom is -0.465 e. The summed E-state index contributed by atoms with van der Waals surface area (Å²) in [4.78, 5) is 38.3. The molecular formula is C24H24N2O5. The van der Waals surface area contributed by atoms with Crippen LogP contribution in [0.2, 0.25) is 0 Å². The summed E-state index contributed by atoms with van der Waals surface area (Å²) in [7, 11) is 4.34. The molecule has 3 aromatic rings. The molecule has 7 heteroatoms. The van der Waals surface area contributed by atoms with Crippen molar-refractivity contribution >= 4 is 34.3 Å². The van der Waals surface area contributed by atoms with E-state index < -0.39 is 11.9 Å². The molecule has 3 aromatic carbocycles. The minimum atomic E-state index is -0.615. The van der Waals surface area contributed by atoms with Gasteiger partial charge in [0.05, 0.1) is 37.6 Å². The maximum atomic E-state index is 12.6. The predicted octanol–water partition coefficient (Wildman–Crippen LogP) is 3.48. The molecule has 0 unspecified atom stereocenters. The predicted molar refractivity (Wildman–Crippen MR) is 118 cm³/mol. The number of hydrogen-bond donors (Lipinski definition) is 1. The first-order chi connectivity index (χ1) is 14.9. The van der Waals surface area contributed by atoms with Gasteiger partial charge in [-0.25, -0.2) is 9.59 Å². The molecule has 160 valence electrons. The molecule has 0 heterocycles. The highest BCUT2D eigenvalue weighted by atomic mass is 16.5. The second-order valence-corrected chi connectivity index (χ2v) is 7.15. The van der Waals surface area contributed by atoms with Crippen LogP contribution in [0, 0.1) is 0 Å². The Kier molecular flexibility index (Phi) is 6.99.